The first-order chi connectivity index (χ1) is 11.0. The van der Waals surface area contributed by atoms with E-state index in [0.717, 1.165) is 0 Å². The molecule has 0 saturated carbocycles. The highest BCUT2D eigenvalue weighted by Gasteiger charge is 2.32. The van der Waals surface area contributed by atoms with E-state index in [0.29, 0.717) is 38.3 Å². The fraction of sp³-hybridized carbons (Fsp3) is 0.800. The Morgan fingerprint density at radius 1 is 0.739 bits per heavy atom. The molecule has 3 heterocycles. The molecule has 1 aromatic rings. The van der Waals surface area contributed by atoms with Crippen LogP contribution in [0.4, 0.5) is 11.9 Å². The van der Waals surface area contributed by atoms with Gasteiger partial charge in [0.25, 0.3) is 0 Å². The number of anilines is 2. The highest BCUT2D eigenvalue weighted by molar-refractivity contribution is 6.28. The van der Waals surface area contributed by atoms with Gasteiger partial charge in [0.05, 0.1) is 50.6 Å². The second kappa shape index (κ2) is 6.75. The summed E-state index contributed by atoms with van der Waals surface area (Å²) >= 11 is 6.20. The zero-order valence-corrected chi connectivity index (χ0v) is 14.8. The molecule has 128 valence electrons. The maximum atomic E-state index is 6.20. The summed E-state index contributed by atoms with van der Waals surface area (Å²) in [5.74, 6) is 1.24. The van der Waals surface area contributed by atoms with Crippen molar-refractivity contribution in [3.8, 4) is 0 Å². The number of hydrogen-bond acceptors (Lipinski definition) is 7. The maximum absolute atomic E-state index is 6.20. The van der Waals surface area contributed by atoms with Crippen LogP contribution >= 0.6 is 11.6 Å². The first kappa shape index (κ1) is 16.7. The minimum Gasteiger partial charge on any atom is -0.377 e. The summed E-state index contributed by atoms with van der Waals surface area (Å²) in [6.45, 7) is 11.1. The Hall–Kier alpha value is -1.18. The average Bonchev–Trinajstić information content (AvgIpc) is 2.46. The van der Waals surface area contributed by atoms with Crippen molar-refractivity contribution in [1.29, 1.82) is 0 Å². The smallest absolute Gasteiger partial charge is 0.232 e. The van der Waals surface area contributed by atoms with Crippen molar-refractivity contribution in [2.24, 2.45) is 0 Å². The molecule has 0 bridgehead atoms. The molecule has 2 aliphatic rings. The first-order valence-corrected chi connectivity index (χ1v) is 8.49. The number of hydrogen-bond donors (Lipinski definition) is 0. The van der Waals surface area contributed by atoms with E-state index in [1.807, 2.05) is 0 Å². The number of aromatic nitrogens is 3. The summed E-state index contributed by atoms with van der Waals surface area (Å²) in [6, 6.07) is 0.795. The van der Waals surface area contributed by atoms with Gasteiger partial charge in [-0.25, -0.2) is 0 Å². The third-order valence-corrected chi connectivity index (χ3v) is 4.55. The molecule has 2 saturated heterocycles. The van der Waals surface area contributed by atoms with Crippen LogP contribution in [0, 0.1) is 0 Å². The molecular weight excluding hydrogens is 318 g/mol. The third-order valence-electron chi connectivity index (χ3n) is 4.38. The van der Waals surface area contributed by atoms with E-state index >= 15 is 0 Å². The predicted octanol–water partition coefficient (Wildman–Crippen LogP) is 1.75. The number of ether oxygens (including phenoxy) is 2. The molecule has 23 heavy (non-hydrogen) atoms. The Labute approximate surface area is 142 Å². The van der Waals surface area contributed by atoms with Crippen LogP contribution < -0.4 is 9.80 Å². The molecule has 2 fully saturated rings. The molecule has 0 aliphatic carbocycles. The molecule has 0 unspecified atom stereocenters. The summed E-state index contributed by atoms with van der Waals surface area (Å²) in [6.07, 6.45) is 0. The lowest BCUT2D eigenvalue weighted by Gasteiger charge is -2.41. The van der Waals surface area contributed by atoms with Crippen LogP contribution in [0.1, 0.15) is 27.7 Å². The molecule has 0 N–H and O–H groups in total. The molecule has 4 atom stereocenters. The lowest BCUT2D eigenvalue weighted by atomic mass is 10.2. The van der Waals surface area contributed by atoms with E-state index in [4.69, 9.17) is 26.1 Å². The molecule has 7 nitrogen and oxygen atoms in total. The molecular formula is C15H24ClN5O2. The molecule has 0 aromatic carbocycles. The van der Waals surface area contributed by atoms with E-state index < -0.39 is 0 Å². The average molecular weight is 342 g/mol. The second-order valence-electron chi connectivity index (χ2n) is 6.49. The van der Waals surface area contributed by atoms with Gasteiger partial charge in [-0.15, -0.1) is 0 Å². The standard InChI is InChI=1S/C15H24ClN5O2/c1-9-5-22-6-10(2)20(9)14-17-13(16)18-15(19-14)21-11(3)7-23-8-12(21)4/h9-12H,5-8H2,1-4H3/t9-,10+,11-,12+. The van der Waals surface area contributed by atoms with E-state index in [1.54, 1.807) is 0 Å². The minimum absolute atomic E-state index is 0.199. The van der Waals surface area contributed by atoms with Gasteiger partial charge in [0.15, 0.2) is 0 Å². The van der Waals surface area contributed by atoms with Crippen molar-refractivity contribution < 1.29 is 9.47 Å². The van der Waals surface area contributed by atoms with Crippen molar-refractivity contribution in [2.45, 2.75) is 51.9 Å². The summed E-state index contributed by atoms with van der Waals surface area (Å²) in [7, 11) is 0. The van der Waals surface area contributed by atoms with E-state index in [9.17, 15) is 0 Å². The molecule has 0 radical (unpaired) electrons. The summed E-state index contributed by atoms with van der Waals surface area (Å²) < 4.78 is 11.2. The number of rotatable bonds is 2. The molecule has 8 heteroatoms. The third kappa shape index (κ3) is 3.36. The van der Waals surface area contributed by atoms with Crippen molar-refractivity contribution in [1.82, 2.24) is 15.0 Å². The Morgan fingerprint density at radius 3 is 1.43 bits per heavy atom. The predicted molar refractivity (Wildman–Crippen MR) is 89.3 cm³/mol. The zero-order valence-electron chi connectivity index (χ0n) is 14.1. The lowest BCUT2D eigenvalue weighted by Crippen LogP contribution is -2.52. The Bertz CT molecular complexity index is 496. The van der Waals surface area contributed by atoms with E-state index in [1.165, 1.54) is 0 Å². The van der Waals surface area contributed by atoms with Crippen LogP contribution in [0.25, 0.3) is 0 Å². The van der Waals surface area contributed by atoms with Gasteiger partial charge in [0.1, 0.15) is 0 Å². The topological polar surface area (TPSA) is 63.6 Å². The normalized spacial score (nSPS) is 32.2. The molecule has 0 amide bonds. The SMILES string of the molecule is C[C@@H]1COC[C@H](C)N1c1nc(Cl)nc(N2[C@H](C)COC[C@@H]2C)n1. The fourth-order valence-electron chi connectivity index (χ4n) is 3.36. The van der Waals surface area contributed by atoms with Gasteiger partial charge in [-0.3, -0.25) is 0 Å². The first-order valence-electron chi connectivity index (χ1n) is 8.11. The van der Waals surface area contributed by atoms with Gasteiger partial charge in [-0.05, 0) is 39.3 Å². The number of morpholine rings is 2. The highest BCUT2D eigenvalue weighted by atomic mass is 35.5. The van der Waals surface area contributed by atoms with Gasteiger partial charge in [0, 0.05) is 0 Å². The van der Waals surface area contributed by atoms with Gasteiger partial charge in [-0.2, -0.15) is 15.0 Å². The quantitative estimate of drug-likeness (QED) is 0.812. The van der Waals surface area contributed by atoms with Crippen molar-refractivity contribution in [3.63, 3.8) is 0 Å². The van der Waals surface area contributed by atoms with Crippen LogP contribution in [-0.2, 0) is 9.47 Å². The maximum Gasteiger partial charge on any atom is 0.232 e. The zero-order chi connectivity index (χ0) is 16.6. The molecule has 2 aliphatic heterocycles. The summed E-state index contributed by atoms with van der Waals surface area (Å²) in [5, 5.41) is 0.224. The largest absolute Gasteiger partial charge is 0.377 e. The van der Waals surface area contributed by atoms with Crippen LogP contribution in [0.5, 0.6) is 0 Å². The van der Waals surface area contributed by atoms with Gasteiger partial charge in [0.2, 0.25) is 17.2 Å². The summed E-state index contributed by atoms with van der Waals surface area (Å²) in [4.78, 5) is 17.8. The minimum atomic E-state index is 0.199. The van der Waals surface area contributed by atoms with Crippen LogP contribution in [0.2, 0.25) is 5.28 Å². The van der Waals surface area contributed by atoms with Crippen molar-refractivity contribution in [3.05, 3.63) is 5.28 Å². The lowest BCUT2D eigenvalue weighted by molar-refractivity contribution is 0.0733. The second-order valence-corrected chi connectivity index (χ2v) is 6.83. The van der Waals surface area contributed by atoms with Crippen LogP contribution in [-0.4, -0.2) is 65.5 Å². The van der Waals surface area contributed by atoms with Crippen molar-refractivity contribution in [2.75, 3.05) is 36.2 Å². The Balaban J connectivity index is 1.95. The van der Waals surface area contributed by atoms with Gasteiger partial charge in [-0.1, -0.05) is 0 Å². The van der Waals surface area contributed by atoms with Gasteiger partial charge < -0.3 is 19.3 Å². The molecule has 3 rings (SSSR count). The van der Waals surface area contributed by atoms with E-state index in [2.05, 4.69) is 47.5 Å². The number of halogens is 1. The molecule has 0 spiro atoms. The monoisotopic (exact) mass is 341 g/mol. The Kier molecular flexibility index (Phi) is 4.89. The fourth-order valence-corrected chi connectivity index (χ4v) is 3.51. The Morgan fingerprint density at radius 2 is 1.09 bits per heavy atom. The molecule has 1 aromatic heterocycles. The van der Waals surface area contributed by atoms with Crippen LogP contribution in [0.15, 0.2) is 0 Å². The van der Waals surface area contributed by atoms with Gasteiger partial charge >= 0.3 is 0 Å². The van der Waals surface area contributed by atoms with Crippen molar-refractivity contribution >= 4 is 23.5 Å². The highest BCUT2D eigenvalue weighted by Crippen LogP contribution is 2.26. The van der Waals surface area contributed by atoms with Crippen LogP contribution in [0.3, 0.4) is 0 Å². The summed E-state index contributed by atoms with van der Waals surface area (Å²) in [5.41, 5.74) is 0. The van der Waals surface area contributed by atoms with E-state index in [-0.39, 0.29) is 29.5 Å². The number of nitrogens with zero attached hydrogens (tertiary/aromatic N) is 5.